The Morgan fingerprint density at radius 1 is 1.29 bits per heavy atom. The summed E-state index contributed by atoms with van der Waals surface area (Å²) in [6, 6.07) is 8.50. The molecule has 28 heavy (non-hydrogen) atoms. The molecule has 7 nitrogen and oxygen atoms in total. The molecule has 8 heteroatoms. The Balaban J connectivity index is 0.00000225. The number of aromatic carboxylic acids is 1. The van der Waals surface area contributed by atoms with Crippen molar-refractivity contribution in [2.75, 3.05) is 14.1 Å². The molecule has 0 fully saturated rings. The van der Waals surface area contributed by atoms with E-state index in [-0.39, 0.29) is 12.4 Å². The Bertz CT molecular complexity index is 1150. The number of carboxylic acid groups (broad SMARTS) is 1. The summed E-state index contributed by atoms with van der Waals surface area (Å²) >= 11 is 0. The first-order chi connectivity index (χ1) is 12.8. The number of likely N-dealkylation sites (N-methyl/N-ethyl adjacent to an activating group) is 1. The van der Waals surface area contributed by atoms with Crippen molar-refractivity contribution in [1.29, 1.82) is 0 Å². The molecule has 3 heterocycles. The van der Waals surface area contributed by atoms with Gasteiger partial charge in [-0.3, -0.25) is 4.79 Å². The zero-order valence-corrected chi connectivity index (χ0v) is 16.6. The van der Waals surface area contributed by atoms with Gasteiger partial charge in [0.15, 0.2) is 5.56 Å². The van der Waals surface area contributed by atoms with Crippen molar-refractivity contribution >= 4 is 29.3 Å². The van der Waals surface area contributed by atoms with E-state index in [1.807, 2.05) is 18.2 Å². The Morgan fingerprint density at radius 3 is 2.64 bits per heavy atom. The maximum Gasteiger partial charge on any atom is 0.345 e. The van der Waals surface area contributed by atoms with Gasteiger partial charge in [0, 0.05) is 41.2 Å². The van der Waals surface area contributed by atoms with Gasteiger partial charge in [0.2, 0.25) is 0 Å². The van der Waals surface area contributed by atoms with E-state index >= 15 is 0 Å². The summed E-state index contributed by atoms with van der Waals surface area (Å²) in [4.78, 5) is 28.1. The van der Waals surface area contributed by atoms with Crippen molar-refractivity contribution in [1.82, 2.24) is 14.5 Å². The van der Waals surface area contributed by atoms with E-state index < -0.39 is 22.8 Å². The molecule has 3 N–H and O–H groups in total. The van der Waals surface area contributed by atoms with Crippen LogP contribution in [0.2, 0.25) is 0 Å². The molecule has 3 aromatic rings. The van der Waals surface area contributed by atoms with Crippen molar-refractivity contribution in [2.45, 2.75) is 25.9 Å². The van der Waals surface area contributed by atoms with Gasteiger partial charge in [-0.2, -0.15) is 0 Å². The Morgan fingerprint density at radius 2 is 2.00 bits per heavy atom. The van der Waals surface area contributed by atoms with Crippen LogP contribution in [0.5, 0.6) is 5.75 Å². The first kappa shape index (κ1) is 20.0. The molecule has 1 atom stereocenters. The average molecular weight is 404 g/mol. The molecule has 2 aromatic heterocycles. The number of nitrogens with zero attached hydrogens (tertiary/aromatic N) is 2. The number of nitrogens with one attached hydrogen (secondary N) is 1. The number of aromatic hydroxyl groups is 1. The molecule has 1 aliphatic heterocycles. The van der Waals surface area contributed by atoms with Crippen molar-refractivity contribution < 1.29 is 15.0 Å². The summed E-state index contributed by atoms with van der Waals surface area (Å²) in [5.41, 5.74) is 2.47. The molecule has 1 unspecified atom stereocenters. The molecule has 4 rings (SSSR count). The van der Waals surface area contributed by atoms with Gasteiger partial charge >= 0.3 is 5.97 Å². The number of benzene rings is 1. The number of pyridine rings is 1. The minimum Gasteiger partial charge on any atom is -0.506 e. The number of aromatic amines is 1. The van der Waals surface area contributed by atoms with Gasteiger partial charge in [-0.25, -0.2) is 4.79 Å². The van der Waals surface area contributed by atoms with Crippen LogP contribution in [-0.4, -0.2) is 50.8 Å². The SMILES string of the molecule is Cc1c(-c2ccc3c(c2)cc2n3CC(N(C)C)C2)[nH]c(=O)c(C(=O)O)c1O.Cl. The third-order valence-corrected chi connectivity index (χ3v) is 5.49. The highest BCUT2D eigenvalue weighted by Crippen LogP contribution is 2.33. The topological polar surface area (TPSA) is 98.6 Å². The van der Waals surface area contributed by atoms with E-state index in [4.69, 9.17) is 5.11 Å². The number of hydrogen-bond donors (Lipinski definition) is 3. The maximum absolute atomic E-state index is 12.1. The van der Waals surface area contributed by atoms with Crippen LogP contribution >= 0.6 is 12.4 Å². The van der Waals surface area contributed by atoms with Crippen molar-refractivity contribution in [3.8, 4) is 17.0 Å². The summed E-state index contributed by atoms with van der Waals surface area (Å²) < 4.78 is 2.31. The van der Waals surface area contributed by atoms with E-state index in [0.717, 1.165) is 29.4 Å². The van der Waals surface area contributed by atoms with E-state index in [9.17, 15) is 14.7 Å². The number of carboxylic acids is 1. The molecule has 0 saturated carbocycles. The predicted molar refractivity (Wildman–Crippen MR) is 110 cm³/mol. The fourth-order valence-electron chi connectivity index (χ4n) is 3.90. The van der Waals surface area contributed by atoms with E-state index in [0.29, 0.717) is 17.3 Å². The summed E-state index contributed by atoms with van der Waals surface area (Å²) in [5, 5.41) is 20.3. The van der Waals surface area contributed by atoms with Gasteiger partial charge in [-0.05, 0) is 44.8 Å². The van der Waals surface area contributed by atoms with Crippen molar-refractivity contribution in [3.05, 3.63) is 51.4 Å². The highest BCUT2D eigenvalue weighted by atomic mass is 35.5. The minimum absolute atomic E-state index is 0. The quantitative estimate of drug-likeness (QED) is 0.624. The average Bonchev–Trinajstić information content (AvgIpc) is 3.15. The number of hydrogen-bond acceptors (Lipinski definition) is 4. The van der Waals surface area contributed by atoms with Gasteiger partial charge in [0.05, 0.1) is 5.69 Å². The summed E-state index contributed by atoms with van der Waals surface area (Å²) in [6.07, 6.45) is 0.987. The second kappa shape index (κ2) is 7.00. The smallest absolute Gasteiger partial charge is 0.345 e. The molecule has 0 radical (unpaired) electrons. The lowest BCUT2D eigenvalue weighted by Crippen LogP contribution is -2.28. The van der Waals surface area contributed by atoms with Crippen LogP contribution in [-0.2, 0) is 13.0 Å². The fraction of sp³-hybridized carbons (Fsp3) is 0.300. The number of aromatic nitrogens is 2. The van der Waals surface area contributed by atoms with Crippen LogP contribution in [0.3, 0.4) is 0 Å². The van der Waals surface area contributed by atoms with Gasteiger partial charge in [0.1, 0.15) is 5.75 Å². The minimum atomic E-state index is -1.45. The number of H-pyrrole nitrogens is 1. The second-order valence-corrected chi connectivity index (χ2v) is 7.32. The first-order valence-corrected chi connectivity index (χ1v) is 8.76. The van der Waals surface area contributed by atoms with Crippen LogP contribution in [0, 0.1) is 6.92 Å². The number of rotatable bonds is 3. The van der Waals surface area contributed by atoms with Gasteiger partial charge in [-0.1, -0.05) is 6.07 Å². The molecule has 0 amide bonds. The molecular formula is C20H22ClN3O4. The van der Waals surface area contributed by atoms with Gasteiger partial charge in [0.25, 0.3) is 5.56 Å². The summed E-state index contributed by atoms with van der Waals surface area (Å²) in [7, 11) is 4.17. The monoisotopic (exact) mass is 403 g/mol. The van der Waals surface area contributed by atoms with Gasteiger partial charge in [-0.15, -0.1) is 12.4 Å². The fourth-order valence-corrected chi connectivity index (χ4v) is 3.90. The maximum atomic E-state index is 12.1. The third kappa shape index (κ3) is 2.96. The van der Waals surface area contributed by atoms with Crippen molar-refractivity contribution in [3.63, 3.8) is 0 Å². The number of halogens is 1. The van der Waals surface area contributed by atoms with Crippen LogP contribution in [0.4, 0.5) is 0 Å². The molecule has 1 aliphatic rings. The van der Waals surface area contributed by atoms with Crippen LogP contribution in [0.15, 0.2) is 29.1 Å². The molecule has 148 valence electrons. The lowest BCUT2D eigenvalue weighted by molar-refractivity contribution is 0.0691. The van der Waals surface area contributed by atoms with E-state index in [1.54, 1.807) is 6.92 Å². The first-order valence-electron chi connectivity index (χ1n) is 8.76. The predicted octanol–water partition coefficient (Wildman–Crippen LogP) is 2.62. The number of fused-ring (bicyclic) bond motifs is 3. The third-order valence-electron chi connectivity index (χ3n) is 5.49. The normalized spacial score (nSPS) is 15.6. The van der Waals surface area contributed by atoms with Crippen molar-refractivity contribution in [2.24, 2.45) is 0 Å². The summed E-state index contributed by atoms with van der Waals surface area (Å²) in [5.74, 6) is -1.94. The Hall–Kier alpha value is -2.77. The largest absolute Gasteiger partial charge is 0.506 e. The molecule has 1 aromatic carbocycles. The zero-order chi connectivity index (χ0) is 19.5. The van der Waals surface area contributed by atoms with Gasteiger partial charge < -0.3 is 24.7 Å². The number of carbonyl (C=O) groups is 1. The molecular weight excluding hydrogens is 382 g/mol. The van der Waals surface area contributed by atoms with Crippen LogP contribution in [0.25, 0.3) is 22.2 Å². The lowest BCUT2D eigenvalue weighted by atomic mass is 10.0. The molecule has 0 aliphatic carbocycles. The highest BCUT2D eigenvalue weighted by molar-refractivity contribution is 5.92. The lowest BCUT2D eigenvalue weighted by Gasteiger charge is -2.18. The Kier molecular flexibility index (Phi) is 4.99. The zero-order valence-electron chi connectivity index (χ0n) is 15.8. The molecule has 0 spiro atoms. The molecule has 0 bridgehead atoms. The van der Waals surface area contributed by atoms with Crippen LogP contribution in [0.1, 0.15) is 21.6 Å². The standard InChI is InChI=1S/C20H21N3O4.ClH/c1-10-17(21-19(25)16(18(10)24)20(26)27)11-4-5-15-12(6-11)7-13-8-14(22(2)3)9-23(13)15;/h4-7,14H,8-9H2,1-3H3,(H,26,27)(H2,21,24,25);1H. The summed E-state index contributed by atoms with van der Waals surface area (Å²) in [6.45, 7) is 2.54. The van der Waals surface area contributed by atoms with E-state index in [2.05, 4.69) is 34.6 Å². The Labute approximate surface area is 167 Å². The van der Waals surface area contributed by atoms with E-state index in [1.165, 1.54) is 5.69 Å². The molecule has 0 saturated heterocycles. The van der Waals surface area contributed by atoms with Crippen LogP contribution < -0.4 is 5.56 Å². The highest BCUT2D eigenvalue weighted by Gasteiger charge is 2.25. The second-order valence-electron chi connectivity index (χ2n) is 7.32.